The van der Waals surface area contributed by atoms with Gasteiger partial charge in [0.1, 0.15) is 11.2 Å². The lowest BCUT2D eigenvalue weighted by Crippen LogP contribution is -1.96. The molecule has 0 saturated heterocycles. The summed E-state index contributed by atoms with van der Waals surface area (Å²) in [4.78, 5) is 0. The molecular formula is C42H24N2O. The molecular weight excluding hydrogens is 548 g/mol. The van der Waals surface area contributed by atoms with Crippen LogP contribution in [-0.4, -0.2) is 9.13 Å². The first kappa shape index (κ1) is 23.4. The van der Waals surface area contributed by atoms with Gasteiger partial charge in [-0.25, -0.2) is 0 Å². The Morgan fingerprint density at radius 3 is 1.49 bits per heavy atom. The zero-order valence-corrected chi connectivity index (χ0v) is 24.2. The fourth-order valence-electron chi connectivity index (χ4n) is 8.03. The van der Waals surface area contributed by atoms with Crippen molar-refractivity contribution in [3.8, 4) is 11.4 Å². The van der Waals surface area contributed by atoms with Crippen molar-refractivity contribution >= 4 is 87.1 Å². The Hall–Kier alpha value is -6.06. The minimum Gasteiger partial charge on any atom is -0.456 e. The Labute approximate surface area is 257 Å². The molecule has 0 aliphatic carbocycles. The molecule has 0 bridgehead atoms. The molecule has 0 unspecified atom stereocenters. The van der Waals surface area contributed by atoms with Gasteiger partial charge in [-0.15, -0.1) is 0 Å². The summed E-state index contributed by atoms with van der Waals surface area (Å²) in [6.07, 6.45) is 0. The zero-order chi connectivity index (χ0) is 29.2. The molecule has 11 rings (SSSR count). The highest BCUT2D eigenvalue weighted by atomic mass is 16.3. The molecule has 3 nitrogen and oxygen atoms in total. The Morgan fingerprint density at radius 2 is 0.800 bits per heavy atom. The predicted molar refractivity (Wildman–Crippen MR) is 189 cm³/mol. The number of rotatable bonds is 2. The molecule has 0 fully saturated rings. The second-order valence-electron chi connectivity index (χ2n) is 12.1. The molecule has 0 aliphatic heterocycles. The molecule has 3 heteroatoms. The first-order valence-electron chi connectivity index (χ1n) is 15.4. The van der Waals surface area contributed by atoms with E-state index in [1.807, 2.05) is 0 Å². The number of nitrogens with zero attached hydrogens (tertiary/aromatic N) is 2. The van der Waals surface area contributed by atoms with E-state index in [4.69, 9.17) is 4.42 Å². The fraction of sp³-hybridized carbons (Fsp3) is 0. The number of hydrogen-bond acceptors (Lipinski definition) is 1. The van der Waals surface area contributed by atoms with Gasteiger partial charge in [-0.1, -0.05) is 91.0 Å². The summed E-state index contributed by atoms with van der Waals surface area (Å²) in [6.45, 7) is 0. The van der Waals surface area contributed by atoms with Crippen LogP contribution in [0.3, 0.4) is 0 Å². The SMILES string of the molecule is c1ccc2c(c1)c1cccc3oc4cc(-n5c6ccccc6c6cc(-n7c8ccccc8c8ccccc87)ccc65)cc2c4c31. The summed E-state index contributed by atoms with van der Waals surface area (Å²) < 4.78 is 11.4. The van der Waals surface area contributed by atoms with E-state index >= 15 is 0 Å². The van der Waals surface area contributed by atoms with Crippen molar-refractivity contribution in [2.45, 2.75) is 0 Å². The smallest absolute Gasteiger partial charge is 0.138 e. The van der Waals surface area contributed by atoms with Gasteiger partial charge in [0.15, 0.2) is 0 Å². The summed E-state index contributed by atoms with van der Waals surface area (Å²) in [5.41, 5.74) is 8.91. The molecule has 0 aliphatic rings. The molecule has 0 spiro atoms. The third kappa shape index (κ3) is 2.95. The molecule has 0 radical (unpaired) electrons. The van der Waals surface area contributed by atoms with Crippen LogP contribution in [0, 0.1) is 0 Å². The van der Waals surface area contributed by atoms with Crippen molar-refractivity contribution in [1.29, 1.82) is 0 Å². The average molecular weight is 573 g/mol. The molecule has 0 saturated carbocycles. The quantitative estimate of drug-likeness (QED) is 0.189. The Balaban J connectivity index is 1.24. The molecule has 11 aromatic rings. The maximum absolute atomic E-state index is 6.58. The van der Waals surface area contributed by atoms with Gasteiger partial charge in [-0.05, 0) is 70.1 Å². The third-order valence-electron chi connectivity index (χ3n) is 9.84. The third-order valence-corrected chi connectivity index (χ3v) is 9.84. The van der Waals surface area contributed by atoms with Gasteiger partial charge < -0.3 is 13.6 Å². The molecule has 3 aromatic heterocycles. The van der Waals surface area contributed by atoms with Gasteiger partial charge >= 0.3 is 0 Å². The van der Waals surface area contributed by atoms with Crippen LogP contribution in [0.4, 0.5) is 0 Å². The van der Waals surface area contributed by atoms with Crippen molar-refractivity contribution in [2.75, 3.05) is 0 Å². The van der Waals surface area contributed by atoms with Gasteiger partial charge in [0, 0.05) is 44.1 Å². The fourth-order valence-corrected chi connectivity index (χ4v) is 8.03. The average Bonchev–Trinajstić information content (AvgIpc) is 3.75. The number of benzene rings is 8. The summed E-state index contributed by atoms with van der Waals surface area (Å²) in [5.74, 6) is 0. The monoisotopic (exact) mass is 572 g/mol. The van der Waals surface area contributed by atoms with Gasteiger partial charge in [0.25, 0.3) is 0 Å². The molecule has 3 heterocycles. The Morgan fingerprint density at radius 1 is 0.311 bits per heavy atom. The summed E-state index contributed by atoms with van der Waals surface area (Å²) in [6, 6.07) is 52.8. The van der Waals surface area contributed by atoms with Crippen LogP contribution >= 0.6 is 0 Å². The van der Waals surface area contributed by atoms with Crippen molar-refractivity contribution < 1.29 is 4.42 Å². The zero-order valence-electron chi connectivity index (χ0n) is 24.2. The number of hydrogen-bond donors (Lipinski definition) is 0. The largest absolute Gasteiger partial charge is 0.456 e. The summed E-state index contributed by atoms with van der Waals surface area (Å²) >= 11 is 0. The van der Waals surface area contributed by atoms with Gasteiger partial charge in [0.05, 0.1) is 27.8 Å². The molecule has 8 aromatic carbocycles. The van der Waals surface area contributed by atoms with E-state index in [-0.39, 0.29) is 0 Å². The van der Waals surface area contributed by atoms with Crippen LogP contribution in [0.5, 0.6) is 0 Å². The number of furan rings is 1. The van der Waals surface area contributed by atoms with Crippen molar-refractivity contribution in [3.63, 3.8) is 0 Å². The molecule has 0 N–H and O–H groups in total. The Kier molecular flexibility index (Phi) is 4.32. The number of para-hydroxylation sites is 3. The summed E-state index contributed by atoms with van der Waals surface area (Å²) in [7, 11) is 0. The van der Waals surface area contributed by atoms with E-state index in [1.165, 1.54) is 75.9 Å². The van der Waals surface area contributed by atoms with Crippen LogP contribution in [0.25, 0.3) is 98.5 Å². The first-order valence-corrected chi connectivity index (χ1v) is 15.4. The highest BCUT2D eigenvalue weighted by Gasteiger charge is 2.21. The van der Waals surface area contributed by atoms with Crippen LogP contribution in [0.2, 0.25) is 0 Å². The topological polar surface area (TPSA) is 23.0 Å². The van der Waals surface area contributed by atoms with Crippen molar-refractivity contribution in [1.82, 2.24) is 9.13 Å². The van der Waals surface area contributed by atoms with E-state index in [1.54, 1.807) is 0 Å². The predicted octanol–water partition coefficient (Wildman–Crippen LogP) is 11.5. The molecule has 0 amide bonds. The lowest BCUT2D eigenvalue weighted by molar-refractivity contribution is 0.669. The van der Waals surface area contributed by atoms with E-state index in [9.17, 15) is 0 Å². The van der Waals surface area contributed by atoms with Gasteiger partial charge in [0.2, 0.25) is 0 Å². The second-order valence-corrected chi connectivity index (χ2v) is 12.1. The normalized spacial score (nSPS) is 12.4. The van der Waals surface area contributed by atoms with Crippen LogP contribution in [-0.2, 0) is 0 Å². The second kappa shape index (κ2) is 8.31. The number of aromatic nitrogens is 2. The van der Waals surface area contributed by atoms with Gasteiger partial charge in [-0.3, -0.25) is 0 Å². The van der Waals surface area contributed by atoms with E-state index < -0.39 is 0 Å². The first-order chi connectivity index (χ1) is 22.3. The Bertz CT molecular complexity index is 2930. The maximum atomic E-state index is 6.58. The highest BCUT2D eigenvalue weighted by Crippen LogP contribution is 2.44. The van der Waals surface area contributed by atoms with Crippen LogP contribution in [0.15, 0.2) is 150 Å². The molecule has 45 heavy (non-hydrogen) atoms. The highest BCUT2D eigenvalue weighted by molar-refractivity contribution is 6.33. The van der Waals surface area contributed by atoms with E-state index in [0.717, 1.165) is 22.5 Å². The lowest BCUT2D eigenvalue weighted by Gasteiger charge is -2.13. The van der Waals surface area contributed by atoms with E-state index in [2.05, 4.69) is 155 Å². The van der Waals surface area contributed by atoms with Crippen LogP contribution in [0.1, 0.15) is 0 Å². The van der Waals surface area contributed by atoms with Crippen molar-refractivity contribution in [3.05, 3.63) is 146 Å². The van der Waals surface area contributed by atoms with Crippen LogP contribution < -0.4 is 0 Å². The maximum Gasteiger partial charge on any atom is 0.138 e. The van der Waals surface area contributed by atoms with Gasteiger partial charge in [-0.2, -0.15) is 0 Å². The van der Waals surface area contributed by atoms with E-state index in [0.29, 0.717) is 0 Å². The molecule has 208 valence electrons. The summed E-state index contributed by atoms with van der Waals surface area (Å²) in [5, 5.41) is 12.4. The minimum absolute atomic E-state index is 0.923. The standard InChI is InChI=1S/C42H24N2O/c1-2-11-28-27(10-1)32-15-9-19-39-41(32)42-34(28)23-26(24-40(42)45-39)44-37-18-8-5-14-31(37)33-22-25(20-21-38(33)44)43-35-16-6-3-12-29(35)30-13-4-7-17-36(30)43/h1-24H. The lowest BCUT2D eigenvalue weighted by atomic mass is 9.94. The van der Waals surface area contributed by atoms with Crippen molar-refractivity contribution in [2.24, 2.45) is 0 Å². The molecule has 0 atom stereocenters. The minimum atomic E-state index is 0.923. The number of fused-ring (bicyclic) bond motifs is 9.